The van der Waals surface area contributed by atoms with Crippen LogP contribution in [0, 0.1) is 0 Å². The molecule has 174 valence electrons. The molecule has 1 atom stereocenters. The van der Waals surface area contributed by atoms with E-state index in [4.69, 9.17) is 4.42 Å². The summed E-state index contributed by atoms with van der Waals surface area (Å²) in [6.07, 6.45) is 1.82. The van der Waals surface area contributed by atoms with Gasteiger partial charge >= 0.3 is 0 Å². The lowest BCUT2D eigenvalue weighted by Gasteiger charge is -2.30. The lowest BCUT2D eigenvalue weighted by Crippen LogP contribution is -2.51. The number of rotatable bonds is 11. The van der Waals surface area contributed by atoms with Crippen LogP contribution in [0.25, 0.3) is 0 Å². The number of sulfonamides is 1. The minimum Gasteiger partial charge on any atom is -0.467 e. The lowest BCUT2D eigenvalue weighted by molar-refractivity contribution is -0.140. The molecule has 0 aliphatic heterocycles. The van der Waals surface area contributed by atoms with Gasteiger partial charge in [0.15, 0.2) is 0 Å². The number of carbonyl (C=O) groups is 2. The smallest absolute Gasteiger partial charge is 0.243 e. The molecule has 1 aromatic heterocycles. The third kappa shape index (κ3) is 6.77. The number of nitrogens with one attached hydrogen (secondary N) is 2. The maximum atomic E-state index is 13.1. The summed E-state index contributed by atoms with van der Waals surface area (Å²) in [5.74, 6) is -0.372. The van der Waals surface area contributed by atoms with Crippen molar-refractivity contribution < 1.29 is 22.4 Å². The van der Waals surface area contributed by atoms with Gasteiger partial charge in [-0.3, -0.25) is 9.59 Å². The van der Waals surface area contributed by atoms with Crippen molar-refractivity contribution in [2.45, 2.75) is 37.4 Å². The number of furan rings is 1. The number of carbonyl (C=O) groups excluding carboxylic acids is 2. The Morgan fingerprint density at radius 1 is 0.970 bits per heavy atom. The van der Waals surface area contributed by atoms with Gasteiger partial charge in [0.1, 0.15) is 11.8 Å². The van der Waals surface area contributed by atoms with E-state index in [0.29, 0.717) is 18.7 Å². The molecule has 0 saturated heterocycles. The molecule has 0 fully saturated rings. The van der Waals surface area contributed by atoms with Crippen molar-refractivity contribution in [1.82, 2.24) is 14.9 Å². The zero-order valence-corrected chi connectivity index (χ0v) is 19.1. The highest BCUT2D eigenvalue weighted by Crippen LogP contribution is 2.14. The highest BCUT2D eigenvalue weighted by Gasteiger charge is 2.30. The summed E-state index contributed by atoms with van der Waals surface area (Å²) in [6, 6.07) is 19.8. The van der Waals surface area contributed by atoms with Gasteiger partial charge in [-0.1, -0.05) is 55.5 Å². The van der Waals surface area contributed by atoms with E-state index < -0.39 is 28.5 Å². The van der Waals surface area contributed by atoms with Crippen LogP contribution in [0.1, 0.15) is 24.7 Å². The second-order valence-corrected chi connectivity index (χ2v) is 9.13. The first kappa shape index (κ1) is 24.2. The average molecular weight is 470 g/mol. The molecule has 1 unspecified atom stereocenters. The van der Waals surface area contributed by atoms with Crippen LogP contribution in [0.5, 0.6) is 0 Å². The quantitative estimate of drug-likeness (QED) is 0.449. The van der Waals surface area contributed by atoms with Crippen LogP contribution in [-0.2, 0) is 32.7 Å². The van der Waals surface area contributed by atoms with E-state index >= 15 is 0 Å². The molecule has 3 rings (SSSR count). The first-order valence-corrected chi connectivity index (χ1v) is 12.1. The molecular formula is C24H27N3O5S. The summed E-state index contributed by atoms with van der Waals surface area (Å²) in [6.45, 7) is 1.67. The Bertz CT molecular complexity index is 1130. The van der Waals surface area contributed by atoms with Crippen molar-refractivity contribution in [3.8, 4) is 0 Å². The summed E-state index contributed by atoms with van der Waals surface area (Å²) in [7, 11) is -3.87. The molecule has 8 nitrogen and oxygen atoms in total. The Labute approximate surface area is 193 Å². The molecule has 2 aromatic carbocycles. The minimum atomic E-state index is -3.87. The van der Waals surface area contributed by atoms with E-state index in [9.17, 15) is 18.0 Å². The Morgan fingerprint density at radius 3 is 2.24 bits per heavy atom. The molecule has 0 saturated carbocycles. The molecule has 0 spiro atoms. The largest absolute Gasteiger partial charge is 0.467 e. The normalized spacial score (nSPS) is 12.2. The first-order chi connectivity index (χ1) is 15.9. The molecule has 0 bridgehead atoms. The maximum absolute atomic E-state index is 13.1. The van der Waals surface area contributed by atoms with Crippen LogP contribution >= 0.6 is 0 Å². The van der Waals surface area contributed by atoms with Gasteiger partial charge in [-0.2, -0.15) is 0 Å². The fourth-order valence-electron chi connectivity index (χ4n) is 3.33. The standard InChI is InChI=1S/C24H27N3O5S/c1-2-22(24(29)25-16-19-10-5-3-6-11-19)27(18-20-12-9-15-32-20)23(28)17-26-33(30,31)21-13-7-4-8-14-21/h3-15,22,26H,2,16-18H2,1H3,(H,25,29). The molecule has 9 heteroatoms. The SMILES string of the molecule is CCC(C(=O)NCc1ccccc1)N(Cc1ccco1)C(=O)CNS(=O)(=O)c1ccccc1. The number of benzene rings is 2. The highest BCUT2D eigenvalue weighted by atomic mass is 32.2. The zero-order chi connectivity index (χ0) is 23.7. The molecule has 2 amide bonds. The third-order valence-electron chi connectivity index (χ3n) is 5.07. The van der Waals surface area contributed by atoms with Gasteiger partial charge in [0.25, 0.3) is 0 Å². The second-order valence-electron chi connectivity index (χ2n) is 7.37. The van der Waals surface area contributed by atoms with Crippen molar-refractivity contribution in [3.05, 3.63) is 90.4 Å². The summed E-state index contributed by atoms with van der Waals surface area (Å²) >= 11 is 0. The topological polar surface area (TPSA) is 109 Å². The van der Waals surface area contributed by atoms with Gasteiger partial charge in [0.05, 0.1) is 24.2 Å². The van der Waals surface area contributed by atoms with Crippen LogP contribution < -0.4 is 10.0 Å². The molecule has 1 heterocycles. The Morgan fingerprint density at radius 2 is 1.64 bits per heavy atom. The number of amides is 2. The minimum absolute atomic E-state index is 0.0379. The van der Waals surface area contributed by atoms with E-state index in [1.54, 1.807) is 37.3 Å². The average Bonchev–Trinajstić information content (AvgIpc) is 3.35. The molecule has 2 N–H and O–H groups in total. The fraction of sp³-hybridized carbons (Fsp3) is 0.250. The lowest BCUT2D eigenvalue weighted by atomic mass is 10.1. The highest BCUT2D eigenvalue weighted by molar-refractivity contribution is 7.89. The predicted molar refractivity (Wildman–Crippen MR) is 123 cm³/mol. The zero-order valence-electron chi connectivity index (χ0n) is 18.3. The van der Waals surface area contributed by atoms with Crippen molar-refractivity contribution in [1.29, 1.82) is 0 Å². The summed E-state index contributed by atoms with van der Waals surface area (Å²) in [4.78, 5) is 27.5. The molecular weight excluding hydrogens is 442 g/mol. The van der Waals surface area contributed by atoms with Crippen LogP contribution in [-0.4, -0.2) is 37.7 Å². The van der Waals surface area contributed by atoms with Crippen molar-refractivity contribution in [2.24, 2.45) is 0 Å². The Kier molecular flexibility index (Phi) is 8.39. The predicted octanol–water partition coefficient (Wildman–Crippen LogP) is 2.68. The van der Waals surface area contributed by atoms with Gasteiger partial charge in [-0.25, -0.2) is 13.1 Å². The maximum Gasteiger partial charge on any atom is 0.243 e. The van der Waals surface area contributed by atoms with Crippen LogP contribution in [0.2, 0.25) is 0 Å². The van der Waals surface area contributed by atoms with Crippen LogP contribution in [0.3, 0.4) is 0 Å². The molecule has 0 aliphatic carbocycles. The van der Waals surface area contributed by atoms with E-state index in [1.165, 1.54) is 23.3 Å². The van der Waals surface area contributed by atoms with Crippen molar-refractivity contribution in [3.63, 3.8) is 0 Å². The number of nitrogens with zero attached hydrogens (tertiary/aromatic N) is 1. The Balaban J connectivity index is 1.73. The molecule has 33 heavy (non-hydrogen) atoms. The molecule has 3 aromatic rings. The van der Waals surface area contributed by atoms with Gasteiger partial charge < -0.3 is 14.6 Å². The van der Waals surface area contributed by atoms with Gasteiger partial charge in [0, 0.05) is 6.54 Å². The first-order valence-electron chi connectivity index (χ1n) is 10.6. The molecule has 0 radical (unpaired) electrons. The van der Waals surface area contributed by atoms with E-state index in [1.807, 2.05) is 30.3 Å². The van der Waals surface area contributed by atoms with Gasteiger partial charge in [-0.15, -0.1) is 0 Å². The van der Waals surface area contributed by atoms with E-state index in [-0.39, 0.29) is 17.3 Å². The molecule has 0 aliphatic rings. The van der Waals surface area contributed by atoms with Gasteiger partial charge in [-0.05, 0) is 36.2 Å². The second kappa shape index (κ2) is 11.4. The van der Waals surface area contributed by atoms with Gasteiger partial charge in [0.2, 0.25) is 21.8 Å². The van der Waals surface area contributed by atoms with Crippen molar-refractivity contribution >= 4 is 21.8 Å². The number of hydrogen-bond acceptors (Lipinski definition) is 5. The van der Waals surface area contributed by atoms with E-state index in [2.05, 4.69) is 10.0 Å². The van der Waals surface area contributed by atoms with Crippen LogP contribution in [0.15, 0.2) is 88.4 Å². The third-order valence-corrected chi connectivity index (χ3v) is 6.49. The monoisotopic (exact) mass is 469 g/mol. The summed E-state index contributed by atoms with van der Waals surface area (Å²) < 4.78 is 32.8. The summed E-state index contributed by atoms with van der Waals surface area (Å²) in [5.41, 5.74) is 0.931. The van der Waals surface area contributed by atoms with Crippen molar-refractivity contribution in [2.75, 3.05) is 6.54 Å². The number of hydrogen-bond donors (Lipinski definition) is 2. The fourth-order valence-corrected chi connectivity index (χ4v) is 4.33. The Hall–Kier alpha value is -3.43. The van der Waals surface area contributed by atoms with Crippen LogP contribution in [0.4, 0.5) is 0 Å². The summed E-state index contributed by atoms with van der Waals surface area (Å²) in [5, 5.41) is 2.86. The van der Waals surface area contributed by atoms with E-state index in [0.717, 1.165) is 5.56 Å².